The lowest BCUT2D eigenvalue weighted by molar-refractivity contribution is -0.138. The van der Waals surface area contributed by atoms with Crippen molar-refractivity contribution >= 4 is 17.7 Å². The Morgan fingerprint density at radius 3 is 2.47 bits per heavy atom. The van der Waals surface area contributed by atoms with Gasteiger partial charge in [-0.05, 0) is 45.2 Å². The Bertz CT molecular complexity index is 763. The average molecular weight is 445 g/mol. The first kappa shape index (κ1) is 24.3. The van der Waals surface area contributed by atoms with Gasteiger partial charge in [0.1, 0.15) is 5.82 Å². The zero-order chi connectivity index (χ0) is 23.1. The molecule has 1 aromatic heterocycles. The first-order valence-corrected chi connectivity index (χ1v) is 11.9. The lowest BCUT2D eigenvalue weighted by Crippen LogP contribution is -2.49. The maximum absolute atomic E-state index is 12.8. The molecule has 1 aromatic rings. The van der Waals surface area contributed by atoms with E-state index in [1.54, 1.807) is 4.90 Å². The molecule has 2 heterocycles. The standard InChI is InChI=1S/C24H40N6O2/c1-6-25-23(28-17-24(11-7-8-12-24)22(31)29(4)5)27-14-20-9-10-21(26-13-20)30-15-18(2)32-19(3)16-30/h9-10,13,18-19H,6-8,11-12,14-17H2,1-5H3,(H2,25,27,28). The van der Waals surface area contributed by atoms with Gasteiger partial charge in [0.25, 0.3) is 0 Å². The van der Waals surface area contributed by atoms with Crippen LogP contribution in [0.2, 0.25) is 0 Å². The monoisotopic (exact) mass is 444 g/mol. The molecule has 2 N–H and O–H groups in total. The summed E-state index contributed by atoms with van der Waals surface area (Å²) in [4.78, 5) is 26.2. The Morgan fingerprint density at radius 2 is 1.91 bits per heavy atom. The highest BCUT2D eigenvalue weighted by Gasteiger charge is 2.42. The molecule has 1 aliphatic carbocycles. The summed E-state index contributed by atoms with van der Waals surface area (Å²) < 4.78 is 5.82. The van der Waals surface area contributed by atoms with Crippen LogP contribution < -0.4 is 15.5 Å². The molecule has 1 aliphatic heterocycles. The highest BCUT2D eigenvalue weighted by molar-refractivity contribution is 5.85. The highest BCUT2D eigenvalue weighted by Crippen LogP contribution is 2.38. The van der Waals surface area contributed by atoms with E-state index in [0.717, 1.165) is 62.7 Å². The molecule has 2 aliphatic rings. The molecule has 2 fully saturated rings. The van der Waals surface area contributed by atoms with E-state index in [0.29, 0.717) is 13.1 Å². The van der Waals surface area contributed by atoms with Crippen LogP contribution in [0, 0.1) is 5.41 Å². The van der Waals surface area contributed by atoms with Crippen LogP contribution in [0.25, 0.3) is 0 Å². The Kier molecular flexibility index (Phi) is 8.34. The van der Waals surface area contributed by atoms with Gasteiger partial charge in [-0.2, -0.15) is 0 Å². The number of pyridine rings is 1. The van der Waals surface area contributed by atoms with Crippen molar-refractivity contribution in [1.29, 1.82) is 0 Å². The molecular weight excluding hydrogens is 404 g/mol. The summed E-state index contributed by atoms with van der Waals surface area (Å²) in [7, 11) is 3.69. The SMILES string of the molecule is CCNC(=NCc1ccc(N2CC(C)OC(C)C2)nc1)NCC1(C(=O)N(C)C)CCCC1. The predicted octanol–water partition coefficient (Wildman–Crippen LogP) is 2.40. The van der Waals surface area contributed by atoms with Gasteiger partial charge in [0.2, 0.25) is 5.91 Å². The summed E-state index contributed by atoms with van der Waals surface area (Å²) in [5, 5.41) is 6.74. The molecule has 0 bridgehead atoms. The molecule has 0 radical (unpaired) electrons. The first-order valence-electron chi connectivity index (χ1n) is 11.9. The number of rotatable bonds is 7. The van der Waals surface area contributed by atoms with Crippen LogP contribution in [-0.2, 0) is 16.1 Å². The number of ether oxygens (including phenoxy) is 1. The van der Waals surface area contributed by atoms with E-state index in [4.69, 9.17) is 9.73 Å². The maximum Gasteiger partial charge on any atom is 0.230 e. The smallest absolute Gasteiger partial charge is 0.230 e. The summed E-state index contributed by atoms with van der Waals surface area (Å²) in [6, 6.07) is 4.16. The first-order chi connectivity index (χ1) is 15.3. The second-order valence-electron chi connectivity index (χ2n) is 9.42. The fourth-order valence-electron chi connectivity index (χ4n) is 4.82. The van der Waals surface area contributed by atoms with E-state index < -0.39 is 0 Å². The lowest BCUT2D eigenvalue weighted by Gasteiger charge is -2.36. The van der Waals surface area contributed by atoms with E-state index in [-0.39, 0.29) is 23.5 Å². The number of hydrogen-bond donors (Lipinski definition) is 2. The van der Waals surface area contributed by atoms with Crippen LogP contribution in [0.1, 0.15) is 52.0 Å². The number of morpholine rings is 1. The third kappa shape index (κ3) is 6.12. The number of carbonyl (C=O) groups excluding carboxylic acids is 1. The van der Waals surface area contributed by atoms with E-state index in [1.165, 1.54) is 0 Å². The van der Waals surface area contributed by atoms with Crippen LogP contribution in [-0.4, -0.2) is 74.2 Å². The van der Waals surface area contributed by atoms with Crippen molar-refractivity contribution in [2.24, 2.45) is 10.4 Å². The minimum Gasteiger partial charge on any atom is -0.372 e. The fraction of sp³-hybridized carbons (Fsp3) is 0.708. The van der Waals surface area contributed by atoms with E-state index in [1.807, 2.05) is 27.2 Å². The molecule has 8 heteroatoms. The van der Waals surface area contributed by atoms with Crippen LogP contribution in [0.5, 0.6) is 0 Å². The Morgan fingerprint density at radius 1 is 1.22 bits per heavy atom. The molecule has 0 aromatic carbocycles. The number of nitrogens with one attached hydrogen (secondary N) is 2. The van der Waals surface area contributed by atoms with Gasteiger partial charge in [-0.3, -0.25) is 4.79 Å². The molecular formula is C24H40N6O2. The quantitative estimate of drug-likeness (QED) is 0.496. The topological polar surface area (TPSA) is 82.1 Å². The molecule has 3 rings (SSSR count). The zero-order valence-electron chi connectivity index (χ0n) is 20.4. The van der Waals surface area contributed by atoms with Gasteiger partial charge in [0, 0.05) is 46.5 Å². The van der Waals surface area contributed by atoms with Gasteiger partial charge in [-0.15, -0.1) is 0 Å². The second kappa shape index (κ2) is 11.0. The third-order valence-electron chi connectivity index (χ3n) is 6.33. The summed E-state index contributed by atoms with van der Waals surface area (Å²) in [6.07, 6.45) is 6.39. The average Bonchev–Trinajstić information content (AvgIpc) is 3.25. The number of carbonyl (C=O) groups is 1. The minimum absolute atomic E-state index is 0.209. The minimum atomic E-state index is -0.324. The summed E-state index contributed by atoms with van der Waals surface area (Å²) in [6.45, 7) is 9.88. The highest BCUT2D eigenvalue weighted by atomic mass is 16.5. The van der Waals surface area contributed by atoms with Gasteiger partial charge >= 0.3 is 0 Å². The molecule has 2 atom stereocenters. The van der Waals surface area contributed by atoms with Crippen LogP contribution in [0.3, 0.4) is 0 Å². The van der Waals surface area contributed by atoms with Gasteiger partial charge in [-0.1, -0.05) is 18.9 Å². The van der Waals surface area contributed by atoms with Crippen LogP contribution in [0.4, 0.5) is 5.82 Å². The largest absolute Gasteiger partial charge is 0.372 e. The van der Waals surface area contributed by atoms with Gasteiger partial charge in [0.15, 0.2) is 5.96 Å². The molecule has 8 nitrogen and oxygen atoms in total. The zero-order valence-corrected chi connectivity index (χ0v) is 20.4. The maximum atomic E-state index is 12.8. The van der Waals surface area contributed by atoms with Gasteiger partial charge in [-0.25, -0.2) is 9.98 Å². The van der Waals surface area contributed by atoms with Crippen molar-refractivity contribution < 1.29 is 9.53 Å². The van der Waals surface area contributed by atoms with Crippen molar-refractivity contribution in [2.75, 3.05) is 45.2 Å². The third-order valence-corrected chi connectivity index (χ3v) is 6.33. The molecule has 1 saturated heterocycles. The number of aliphatic imine (C=N–C) groups is 1. The van der Waals surface area contributed by atoms with Crippen molar-refractivity contribution in [2.45, 2.75) is 65.2 Å². The molecule has 1 saturated carbocycles. The summed E-state index contributed by atoms with van der Waals surface area (Å²) >= 11 is 0. The molecule has 32 heavy (non-hydrogen) atoms. The number of amides is 1. The van der Waals surface area contributed by atoms with Gasteiger partial charge in [0.05, 0.1) is 24.2 Å². The Hall–Kier alpha value is -2.35. The molecule has 0 spiro atoms. The van der Waals surface area contributed by atoms with Gasteiger partial charge < -0.3 is 25.2 Å². The predicted molar refractivity (Wildman–Crippen MR) is 129 cm³/mol. The number of guanidine groups is 1. The van der Waals surface area contributed by atoms with Crippen molar-refractivity contribution in [3.63, 3.8) is 0 Å². The van der Waals surface area contributed by atoms with E-state index in [9.17, 15) is 4.79 Å². The fourth-order valence-corrected chi connectivity index (χ4v) is 4.82. The molecule has 2 unspecified atom stereocenters. The van der Waals surface area contributed by atoms with Crippen molar-refractivity contribution in [3.8, 4) is 0 Å². The van der Waals surface area contributed by atoms with E-state index in [2.05, 4.69) is 46.5 Å². The number of nitrogens with zero attached hydrogens (tertiary/aromatic N) is 4. The van der Waals surface area contributed by atoms with E-state index >= 15 is 0 Å². The van der Waals surface area contributed by atoms with Crippen molar-refractivity contribution in [1.82, 2.24) is 20.5 Å². The number of hydrogen-bond acceptors (Lipinski definition) is 5. The number of aromatic nitrogens is 1. The lowest BCUT2D eigenvalue weighted by atomic mass is 9.84. The Balaban J connectivity index is 1.61. The Labute approximate surface area is 192 Å². The second-order valence-corrected chi connectivity index (χ2v) is 9.42. The van der Waals surface area contributed by atoms with Crippen LogP contribution >= 0.6 is 0 Å². The van der Waals surface area contributed by atoms with Crippen molar-refractivity contribution in [3.05, 3.63) is 23.9 Å². The molecule has 1 amide bonds. The summed E-state index contributed by atoms with van der Waals surface area (Å²) in [5.74, 6) is 1.94. The number of anilines is 1. The molecule has 178 valence electrons. The summed E-state index contributed by atoms with van der Waals surface area (Å²) in [5.41, 5.74) is 0.732. The normalized spacial score (nSPS) is 23.2. The van der Waals surface area contributed by atoms with Crippen LogP contribution in [0.15, 0.2) is 23.3 Å².